The lowest BCUT2D eigenvalue weighted by atomic mass is 10.2. The molecule has 1 rings (SSSR count). The minimum absolute atomic E-state index is 0.0211. The second-order valence-corrected chi connectivity index (χ2v) is 3.56. The molecule has 0 radical (unpaired) electrons. The van der Waals surface area contributed by atoms with Crippen molar-refractivity contribution in [1.29, 1.82) is 0 Å². The van der Waals surface area contributed by atoms with Gasteiger partial charge in [-0.25, -0.2) is 0 Å². The zero-order valence-electron chi connectivity index (χ0n) is 9.72. The molecule has 5 nitrogen and oxygen atoms in total. The largest absolute Gasteiger partial charge is 0.294 e. The van der Waals surface area contributed by atoms with E-state index in [0.29, 0.717) is 5.69 Å². The minimum atomic E-state index is -0.434. The molecule has 0 heterocycles. The summed E-state index contributed by atoms with van der Waals surface area (Å²) in [5, 5.41) is 14.8. The SMILES string of the molecule is C=CCC/C(C)=N/Nc1ccccc1[N+](=O)[O-]. The lowest BCUT2D eigenvalue weighted by Gasteiger charge is -2.03. The molecule has 0 atom stereocenters. The van der Waals surface area contributed by atoms with Crippen molar-refractivity contribution in [3.8, 4) is 0 Å². The topological polar surface area (TPSA) is 67.5 Å². The molecule has 1 aromatic rings. The van der Waals surface area contributed by atoms with Crippen molar-refractivity contribution in [3.63, 3.8) is 0 Å². The summed E-state index contributed by atoms with van der Waals surface area (Å²) >= 11 is 0. The standard InChI is InChI=1S/C12H15N3O2/c1-3-4-7-10(2)13-14-11-8-5-6-9-12(11)15(16)17/h3,5-6,8-9,14H,1,4,7H2,2H3/b13-10+. The van der Waals surface area contributed by atoms with Crippen LogP contribution in [0.25, 0.3) is 0 Å². The van der Waals surface area contributed by atoms with Crippen molar-refractivity contribution < 1.29 is 4.92 Å². The van der Waals surface area contributed by atoms with Gasteiger partial charge in [0.15, 0.2) is 0 Å². The van der Waals surface area contributed by atoms with Crippen LogP contribution >= 0.6 is 0 Å². The van der Waals surface area contributed by atoms with Gasteiger partial charge in [0.1, 0.15) is 5.69 Å². The molecule has 0 aliphatic heterocycles. The predicted molar refractivity (Wildman–Crippen MR) is 69.3 cm³/mol. The molecule has 0 fully saturated rings. The molecule has 0 saturated carbocycles. The number of benzene rings is 1. The van der Waals surface area contributed by atoms with Crippen LogP contribution in [0.5, 0.6) is 0 Å². The first-order valence-corrected chi connectivity index (χ1v) is 5.28. The fraction of sp³-hybridized carbons (Fsp3) is 0.250. The Morgan fingerprint density at radius 2 is 2.29 bits per heavy atom. The summed E-state index contributed by atoms with van der Waals surface area (Å²) < 4.78 is 0. The fourth-order valence-electron chi connectivity index (χ4n) is 1.25. The number of nitrogens with one attached hydrogen (secondary N) is 1. The first-order chi connectivity index (χ1) is 8.15. The predicted octanol–water partition coefficient (Wildman–Crippen LogP) is 3.35. The van der Waals surface area contributed by atoms with Gasteiger partial charge >= 0.3 is 0 Å². The summed E-state index contributed by atoms with van der Waals surface area (Å²) in [7, 11) is 0. The Kier molecular flexibility index (Phi) is 4.87. The third-order valence-corrected chi connectivity index (χ3v) is 2.18. The molecule has 5 heteroatoms. The molecule has 0 aliphatic carbocycles. The van der Waals surface area contributed by atoms with Gasteiger partial charge in [0.2, 0.25) is 0 Å². The van der Waals surface area contributed by atoms with Crippen LogP contribution in [0.2, 0.25) is 0 Å². The summed E-state index contributed by atoms with van der Waals surface area (Å²) in [5.74, 6) is 0. The second kappa shape index (κ2) is 6.42. The summed E-state index contributed by atoms with van der Waals surface area (Å²) in [5.41, 5.74) is 4.01. The molecule has 1 N–H and O–H groups in total. The molecule has 0 amide bonds. The number of hydrazone groups is 1. The third-order valence-electron chi connectivity index (χ3n) is 2.18. The Balaban J connectivity index is 2.74. The Labute approximate surface area is 100.0 Å². The number of hydrogen-bond donors (Lipinski definition) is 1. The third kappa shape index (κ3) is 4.06. The highest BCUT2D eigenvalue weighted by Gasteiger charge is 2.11. The summed E-state index contributed by atoms with van der Waals surface area (Å²) in [6, 6.07) is 6.42. The van der Waals surface area contributed by atoms with Crippen molar-refractivity contribution in [2.75, 3.05) is 5.43 Å². The van der Waals surface area contributed by atoms with E-state index in [1.807, 2.05) is 13.0 Å². The van der Waals surface area contributed by atoms with E-state index >= 15 is 0 Å². The maximum Gasteiger partial charge on any atom is 0.294 e. The quantitative estimate of drug-likeness (QED) is 0.354. The summed E-state index contributed by atoms with van der Waals surface area (Å²) in [6.07, 6.45) is 3.44. The van der Waals surface area contributed by atoms with Crippen LogP contribution in [0, 0.1) is 10.1 Å². The molecule has 90 valence electrons. The molecule has 1 aromatic carbocycles. The average molecular weight is 233 g/mol. The number of rotatable bonds is 6. The lowest BCUT2D eigenvalue weighted by molar-refractivity contribution is -0.384. The zero-order chi connectivity index (χ0) is 12.7. The molecular formula is C12H15N3O2. The van der Waals surface area contributed by atoms with Crippen molar-refractivity contribution >= 4 is 17.1 Å². The number of nitrogens with zero attached hydrogens (tertiary/aromatic N) is 2. The van der Waals surface area contributed by atoms with Crippen LogP contribution in [-0.4, -0.2) is 10.6 Å². The molecular weight excluding hydrogens is 218 g/mol. The highest BCUT2D eigenvalue weighted by atomic mass is 16.6. The molecule has 17 heavy (non-hydrogen) atoms. The summed E-state index contributed by atoms with van der Waals surface area (Å²) in [6.45, 7) is 5.49. The van der Waals surface area contributed by atoms with E-state index in [1.165, 1.54) is 6.07 Å². The Morgan fingerprint density at radius 3 is 2.94 bits per heavy atom. The van der Waals surface area contributed by atoms with E-state index in [0.717, 1.165) is 18.6 Å². The number of anilines is 1. The van der Waals surface area contributed by atoms with Gasteiger partial charge in [-0.2, -0.15) is 5.10 Å². The van der Waals surface area contributed by atoms with Crippen LogP contribution in [0.1, 0.15) is 19.8 Å². The van der Waals surface area contributed by atoms with Crippen molar-refractivity contribution in [3.05, 3.63) is 47.0 Å². The highest BCUT2D eigenvalue weighted by molar-refractivity contribution is 5.83. The van der Waals surface area contributed by atoms with Crippen LogP contribution < -0.4 is 5.43 Å². The molecule has 0 aliphatic rings. The first-order valence-electron chi connectivity index (χ1n) is 5.28. The van der Waals surface area contributed by atoms with Crippen LogP contribution in [-0.2, 0) is 0 Å². The van der Waals surface area contributed by atoms with E-state index in [1.54, 1.807) is 18.2 Å². The minimum Gasteiger partial charge on any atom is -0.272 e. The Hall–Kier alpha value is -2.17. The highest BCUT2D eigenvalue weighted by Crippen LogP contribution is 2.22. The van der Waals surface area contributed by atoms with Gasteiger partial charge in [0.05, 0.1) is 4.92 Å². The second-order valence-electron chi connectivity index (χ2n) is 3.56. The Morgan fingerprint density at radius 1 is 1.59 bits per heavy atom. The smallest absolute Gasteiger partial charge is 0.272 e. The lowest BCUT2D eigenvalue weighted by Crippen LogP contribution is -2.00. The van der Waals surface area contributed by atoms with Gasteiger partial charge in [-0.05, 0) is 25.8 Å². The van der Waals surface area contributed by atoms with Gasteiger partial charge in [-0.15, -0.1) is 6.58 Å². The van der Waals surface area contributed by atoms with E-state index in [2.05, 4.69) is 17.1 Å². The molecule has 0 spiro atoms. The van der Waals surface area contributed by atoms with Crippen LogP contribution in [0.3, 0.4) is 0 Å². The van der Waals surface area contributed by atoms with E-state index in [4.69, 9.17) is 0 Å². The maximum absolute atomic E-state index is 10.7. The van der Waals surface area contributed by atoms with Crippen molar-refractivity contribution in [1.82, 2.24) is 0 Å². The fourth-order valence-corrected chi connectivity index (χ4v) is 1.25. The molecule has 0 bridgehead atoms. The number of allylic oxidation sites excluding steroid dienone is 1. The Bertz CT molecular complexity index is 441. The molecule has 0 saturated heterocycles. The monoisotopic (exact) mass is 233 g/mol. The van der Waals surface area contributed by atoms with Crippen molar-refractivity contribution in [2.45, 2.75) is 19.8 Å². The van der Waals surface area contributed by atoms with Crippen LogP contribution in [0.4, 0.5) is 11.4 Å². The summed E-state index contributed by atoms with van der Waals surface area (Å²) in [4.78, 5) is 10.3. The van der Waals surface area contributed by atoms with Crippen LogP contribution in [0.15, 0.2) is 42.0 Å². The van der Waals surface area contributed by atoms with Crippen molar-refractivity contribution in [2.24, 2.45) is 5.10 Å². The van der Waals surface area contributed by atoms with E-state index in [9.17, 15) is 10.1 Å². The van der Waals surface area contributed by atoms with Gasteiger partial charge in [-0.1, -0.05) is 18.2 Å². The zero-order valence-corrected chi connectivity index (χ0v) is 9.72. The van der Waals surface area contributed by atoms with E-state index < -0.39 is 4.92 Å². The van der Waals surface area contributed by atoms with Gasteiger partial charge in [0, 0.05) is 11.8 Å². The van der Waals surface area contributed by atoms with E-state index in [-0.39, 0.29) is 5.69 Å². The first kappa shape index (κ1) is 12.9. The molecule has 0 unspecified atom stereocenters. The van der Waals surface area contributed by atoms with Gasteiger partial charge in [0.25, 0.3) is 5.69 Å². The maximum atomic E-state index is 10.7. The average Bonchev–Trinajstić information content (AvgIpc) is 2.34. The molecule has 0 aromatic heterocycles. The number of hydrogen-bond acceptors (Lipinski definition) is 4. The van der Waals surface area contributed by atoms with Gasteiger partial charge < -0.3 is 0 Å². The number of para-hydroxylation sites is 2. The number of nitro groups is 1. The normalized spacial score (nSPS) is 11.0. The number of nitro benzene ring substituents is 1. The van der Waals surface area contributed by atoms with Gasteiger partial charge in [-0.3, -0.25) is 15.5 Å².